The molecular formula is C32H48N3O9P. The van der Waals surface area contributed by atoms with Crippen LogP contribution in [0, 0.1) is 5.41 Å². The van der Waals surface area contributed by atoms with Crippen LogP contribution in [0.5, 0.6) is 5.75 Å². The Balaban J connectivity index is 0.00000130. The number of esters is 1. The van der Waals surface area contributed by atoms with Crippen molar-refractivity contribution in [3.05, 3.63) is 66.5 Å². The standard InChI is InChI=1S/C29H40N3O7P.C3H8O2/c1-21(28(34)37-20-29(2,3)4)31-40(35,39-26-14-8-11-22-10-6-7-13-25(22)26)38-19-24(36-5)15-17-32-16-9-12-23(18-32)27(30)33;1-3(2,4)5/h6-11,13-14,16,18,21,24H,12,15,17,19-20H2,1-5H3,(H2,30,33)(H,31,35);4-5H,1-2H3. The Morgan fingerprint density at radius 1 is 1.09 bits per heavy atom. The molecule has 0 spiro atoms. The highest BCUT2D eigenvalue weighted by atomic mass is 31.2. The fourth-order valence-electron chi connectivity index (χ4n) is 3.86. The first-order valence-electron chi connectivity index (χ1n) is 14.7. The number of allylic oxidation sites excluding steroid dienone is 1. The van der Waals surface area contributed by atoms with Gasteiger partial charge in [0.15, 0.2) is 5.79 Å². The van der Waals surface area contributed by atoms with Gasteiger partial charge in [-0.15, -0.1) is 0 Å². The molecule has 0 radical (unpaired) electrons. The lowest BCUT2D eigenvalue weighted by molar-refractivity contribution is -0.148. The van der Waals surface area contributed by atoms with Crippen LogP contribution in [-0.2, 0) is 28.2 Å². The molecule has 0 aromatic heterocycles. The molecule has 3 rings (SSSR count). The van der Waals surface area contributed by atoms with E-state index in [9.17, 15) is 14.2 Å². The highest BCUT2D eigenvalue weighted by molar-refractivity contribution is 7.52. The van der Waals surface area contributed by atoms with Crippen molar-refractivity contribution >= 4 is 30.4 Å². The van der Waals surface area contributed by atoms with E-state index in [4.69, 9.17) is 34.5 Å². The van der Waals surface area contributed by atoms with Gasteiger partial charge in [-0.3, -0.25) is 14.1 Å². The number of hydrogen-bond donors (Lipinski definition) is 4. The molecule has 13 heteroatoms. The largest absolute Gasteiger partial charge is 0.464 e. The summed E-state index contributed by atoms with van der Waals surface area (Å²) in [6.45, 7) is 10.6. The van der Waals surface area contributed by atoms with Gasteiger partial charge in [0, 0.05) is 30.8 Å². The molecule has 0 fully saturated rings. The predicted octanol–water partition coefficient (Wildman–Crippen LogP) is 4.61. The molecule has 250 valence electrons. The Morgan fingerprint density at radius 2 is 1.73 bits per heavy atom. The van der Waals surface area contributed by atoms with E-state index in [1.807, 2.05) is 68.3 Å². The molecule has 3 unspecified atom stereocenters. The fraction of sp³-hybridized carbons (Fsp3) is 0.500. The number of methoxy groups -OCH3 is 1. The van der Waals surface area contributed by atoms with E-state index in [0.29, 0.717) is 30.7 Å². The average molecular weight is 650 g/mol. The third kappa shape index (κ3) is 14.6. The van der Waals surface area contributed by atoms with Gasteiger partial charge in [-0.2, -0.15) is 5.09 Å². The van der Waals surface area contributed by atoms with Crippen molar-refractivity contribution in [2.45, 2.75) is 72.3 Å². The van der Waals surface area contributed by atoms with Crippen LogP contribution in [0.3, 0.4) is 0 Å². The van der Waals surface area contributed by atoms with Gasteiger partial charge in [0.25, 0.3) is 0 Å². The van der Waals surface area contributed by atoms with Gasteiger partial charge >= 0.3 is 13.7 Å². The van der Waals surface area contributed by atoms with Crippen molar-refractivity contribution in [3.8, 4) is 5.75 Å². The molecule has 45 heavy (non-hydrogen) atoms. The van der Waals surface area contributed by atoms with Crippen LogP contribution in [0.25, 0.3) is 10.8 Å². The van der Waals surface area contributed by atoms with E-state index in [1.54, 1.807) is 25.3 Å². The topological polar surface area (TPSA) is 170 Å². The van der Waals surface area contributed by atoms with Gasteiger partial charge in [-0.1, -0.05) is 63.2 Å². The number of carbonyl (C=O) groups is 2. The van der Waals surface area contributed by atoms with Gasteiger partial charge in [-0.25, -0.2) is 4.57 Å². The number of amides is 1. The number of ether oxygens (including phenoxy) is 2. The summed E-state index contributed by atoms with van der Waals surface area (Å²) in [5.41, 5.74) is 5.70. The van der Waals surface area contributed by atoms with Crippen LogP contribution < -0.4 is 15.3 Å². The summed E-state index contributed by atoms with van der Waals surface area (Å²) in [7, 11) is -2.57. The molecule has 1 aliphatic rings. The second kappa shape index (κ2) is 16.9. The maximum atomic E-state index is 14.1. The van der Waals surface area contributed by atoms with Crippen molar-refractivity contribution in [2.75, 3.05) is 26.9 Å². The first kappa shape index (κ1) is 37.9. The number of benzene rings is 2. The Morgan fingerprint density at radius 3 is 2.36 bits per heavy atom. The summed E-state index contributed by atoms with van der Waals surface area (Å²) in [6, 6.07) is 12.0. The third-order valence-corrected chi connectivity index (χ3v) is 7.70. The SMILES string of the molecule is CC(C)(O)O.COC(CCN1C=CCC(C(N)=O)=C1)COP(=O)(NC(C)C(=O)OCC(C)(C)C)Oc1cccc2ccccc12. The Hall–Kier alpha value is -3.25. The first-order chi connectivity index (χ1) is 20.9. The normalized spacial score (nSPS) is 16.1. The van der Waals surface area contributed by atoms with Crippen LogP contribution >= 0.6 is 7.75 Å². The molecule has 12 nitrogen and oxygen atoms in total. The third-order valence-electron chi connectivity index (χ3n) is 6.07. The minimum absolute atomic E-state index is 0.0841. The summed E-state index contributed by atoms with van der Waals surface area (Å²) in [6.07, 6.45) is 5.93. The molecule has 3 atom stereocenters. The van der Waals surface area contributed by atoms with Crippen LogP contribution in [0.15, 0.2) is 66.5 Å². The number of aliphatic hydroxyl groups is 2. The van der Waals surface area contributed by atoms with Gasteiger partial charge in [0.05, 0.1) is 19.3 Å². The summed E-state index contributed by atoms with van der Waals surface area (Å²) in [4.78, 5) is 26.1. The van der Waals surface area contributed by atoms with Gasteiger partial charge < -0.3 is 34.8 Å². The van der Waals surface area contributed by atoms with Crippen molar-refractivity contribution < 1.29 is 42.9 Å². The molecule has 2 aromatic rings. The fourth-order valence-corrected chi connectivity index (χ4v) is 5.40. The Bertz CT molecular complexity index is 1370. The maximum Gasteiger partial charge on any atom is 0.459 e. The molecule has 0 bridgehead atoms. The lowest BCUT2D eigenvalue weighted by atomic mass is 9.99. The lowest BCUT2D eigenvalue weighted by Gasteiger charge is -2.27. The minimum Gasteiger partial charge on any atom is -0.464 e. The number of primary amides is 1. The molecule has 0 aliphatic carbocycles. The Labute approximate surface area is 265 Å². The van der Waals surface area contributed by atoms with E-state index in [1.165, 1.54) is 21.0 Å². The van der Waals surface area contributed by atoms with E-state index in [2.05, 4.69) is 5.09 Å². The van der Waals surface area contributed by atoms with Crippen LogP contribution in [-0.4, -0.2) is 71.8 Å². The Kier molecular flexibility index (Phi) is 14.2. The predicted molar refractivity (Wildman–Crippen MR) is 173 cm³/mol. The summed E-state index contributed by atoms with van der Waals surface area (Å²) in [5, 5.41) is 20.5. The average Bonchev–Trinajstić information content (AvgIpc) is 2.95. The zero-order valence-electron chi connectivity index (χ0n) is 27.2. The van der Waals surface area contributed by atoms with Gasteiger partial charge in [-0.05, 0) is 56.7 Å². The van der Waals surface area contributed by atoms with E-state index in [-0.39, 0.29) is 18.6 Å². The van der Waals surface area contributed by atoms with E-state index in [0.717, 1.165) is 10.8 Å². The van der Waals surface area contributed by atoms with E-state index < -0.39 is 37.6 Å². The van der Waals surface area contributed by atoms with E-state index >= 15 is 0 Å². The van der Waals surface area contributed by atoms with Crippen molar-refractivity contribution in [2.24, 2.45) is 11.1 Å². The summed E-state index contributed by atoms with van der Waals surface area (Å²) >= 11 is 0. The van der Waals surface area contributed by atoms with Crippen LogP contribution in [0.4, 0.5) is 0 Å². The molecule has 1 heterocycles. The molecule has 1 amide bonds. The number of fused-ring (bicyclic) bond motifs is 1. The molecular weight excluding hydrogens is 601 g/mol. The smallest absolute Gasteiger partial charge is 0.459 e. The maximum absolute atomic E-state index is 14.1. The quantitative estimate of drug-likeness (QED) is 0.128. The summed E-state index contributed by atoms with van der Waals surface area (Å²) < 4.78 is 36.9. The highest BCUT2D eigenvalue weighted by Gasteiger charge is 2.34. The van der Waals surface area contributed by atoms with Crippen LogP contribution in [0.2, 0.25) is 0 Å². The molecule has 2 aromatic carbocycles. The summed E-state index contributed by atoms with van der Waals surface area (Å²) in [5.74, 6) is -2.19. The first-order valence-corrected chi connectivity index (χ1v) is 16.2. The molecule has 5 N–H and O–H groups in total. The highest BCUT2D eigenvalue weighted by Crippen LogP contribution is 2.47. The van der Waals surface area contributed by atoms with Crippen molar-refractivity contribution in [1.29, 1.82) is 0 Å². The molecule has 0 saturated heterocycles. The number of nitrogens with zero attached hydrogens (tertiary/aromatic N) is 1. The number of hydrogen-bond acceptors (Lipinski definition) is 10. The van der Waals surface area contributed by atoms with Gasteiger partial charge in [0.1, 0.15) is 11.8 Å². The molecule has 1 aliphatic heterocycles. The molecule has 0 saturated carbocycles. The van der Waals surface area contributed by atoms with Crippen molar-refractivity contribution in [1.82, 2.24) is 9.99 Å². The second-order valence-electron chi connectivity index (χ2n) is 12.4. The monoisotopic (exact) mass is 649 g/mol. The van der Waals surface area contributed by atoms with Gasteiger partial charge in [0.2, 0.25) is 5.91 Å². The number of nitrogens with one attached hydrogen (secondary N) is 1. The number of carbonyl (C=O) groups excluding carboxylic acids is 2. The lowest BCUT2D eigenvalue weighted by Crippen LogP contribution is -2.37. The zero-order chi connectivity index (χ0) is 33.8. The van der Waals surface area contributed by atoms with Crippen molar-refractivity contribution in [3.63, 3.8) is 0 Å². The van der Waals surface area contributed by atoms with Crippen LogP contribution in [0.1, 0.15) is 54.4 Å². The zero-order valence-corrected chi connectivity index (χ0v) is 28.1. The number of rotatable bonds is 14. The second-order valence-corrected chi connectivity index (χ2v) is 14.1. The minimum atomic E-state index is -4.10. The number of nitrogens with two attached hydrogens (primary N) is 1.